The molecule has 1 aromatic rings. The zero-order valence-corrected chi connectivity index (χ0v) is 9.46. The summed E-state index contributed by atoms with van der Waals surface area (Å²) >= 11 is 0. The third kappa shape index (κ3) is 1.55. The minimum Gasteiger partial charge on any atom is -0.197 e. The van der Waals surface area contributed by atoms with Crippen molar-refractivity contribution in [2.75, 3.05) is 0 Å². The molecule has 1 aliphatic carbocycles. The Labute approximate surface area is 91.7 Å². The van der Waals surface area contributed by atoms with Crippen LogP contribution in [0.1, 0.15) is 37.3 Å². The lowest BCUT2D eigenvalue weighted by atomic mass is 9.74. The zero-order valence-electron chi connectivity index (χ0n) is 9.46. The van der Waals surface area contributed by atoms with Crippen molar-refractivity contribution in [2.24, 2.45) is 5.92 Å². The normalized spacial score (nSPS) is 30.1. The average molecular weight is 199 g/mol. The van der Waals surface area contributed by atoms with Gasteiger partial charge in [-0.05, 0) is 31.2 Å². The fourth-order valence-electron chi connectivity index (χ4n) is 2.76. The van der Waals surface area contributed by atoms with E-state index in [2.05, 4.69) is 44.2 Å². The first-order valence-electron chi connectivity index (χ1n) is 5.67. The second-order valence-corrected chi connectivity index (χ2v) is 4.75. The molecule has 1 aromatic carbocycles. The van der Waals surface area contributed by atoms with E-state index in [1.54, 1.807) is 0 Å². The van der Waals surface area contributed by atoms with E-state index in [-0.39, 0.29) is 5.41 Å². The highest BCUT2D eigenvalue weighted by Crippen LogP contribution is 2.45. The van der Waals surface area contributed by atoms with Crippen LogP contribution < -0.4 is 0 Å². The lowest BCUT2D eigenvalue weighted by Crippen LogP contribution is -2.26. The van der Waals surface area contributed by atoms with E-state index in [0.717, 1.165) is 6.42 Å². The van der Waals surface area contributed by atoms with Gasteiger partial charge in [-0.25, -0.2) is 0 Å². The Morgan fingerprint density at radius 2 is 2.27 bits per heavy atom. The fourth-order valence-corrected chi connectivity index (χ4v) is 2.76. The van der Waals surface area contributed by atoms with Gasteiger partial charge in [0.15, 0.2) is 0 Å². The van der Waals surface area contributed by atoms with E-state index in [0.29, 0.717) is 5.92 Å². The molecule has 0 saturated heterocycles. The van der Waals surface area contributed by atoms with Crippen LogP contribution in [0.5, 0.6) is 0 Å². The lowest BCUT2D eigenvalue weighted by Gasteiger charge is -2.26. The van der Waals surface area contributed by atoms with Crippen molar-refractivity contribution in [1.82, 2.24) is 0 Å². The summed E-state index contributed by atoms with van der Waals surface area (Å²) in [5, 5.41) is 9.48. The summed E-state index contributed by atoms with van der Waals surface area (Å²) < 4.78 is 0. The molecule has 15 heavy (non-hydrogen) atoms. The second-order valence-electron chi connectivity index (χ2n) is 4.75. The lowest BCUT2D eigenvalue weighted by molar-refractivity contribution is 0.431. The van der Waals surface area contributed by atoms with Crippen molar-refractivity contribution in [3.63, 3.8) is 0 Å². The van der Waals surface area contributed by atoms with Gasteiger partial charge in [-0.1, -0.05) is 43.2 Å². The van der Waals surface area contributed by atoms with Gasteiger partial charge in [-0.3, -0.25) is 0 Å². The Morgan fingerprint density at radius 1 is 1.47 bits per heavy atom. The maximum Gasteiger partial charge on any atom is 0.0847 e. The van der Waals surface area contributed by atoms with Gasteiger partial charge in [-0.2, -0.15) is 5.26 Å². The summed E-state index contributed by atoms with van der Waals surface area (Å²) in [7, 11) is 0. The van der Waals surface area contributed by atoms with Gasteiger partial charge >= 0.3 is 0 Å². The van der Waals surface area contributed by atoms with Crippen LogP contribution in [-0.2, 0) is 5.41 Å². The molecular weight excluding hydrogens is 182 g/mol. The Balaban J connectivity index is 2.48. The molecule has 1 heteroatoms. The first kappa shape index (κ1) is 10.2. The summed E-state index contributed by atoms with van der Waals surface area (Å²) in [6, 6.07) is 11.0. The number of rotatable bonds is 1. The molecule has 1 aliphatic rings. The topological polar surface area (TPSA) is 23.8 Å². The summed E-state index contributed by atoms with van der Waals surface area (Å²) in [5.41, 5.74) is 2.25. The smallest absolute Gasteiger partial charge is 0.0847 e. The van der Waals surface area contributed by atoms with Gasteiger partial charge < -0.3 is 0 Å². The molecule has 0 N–H and O–H groups in total. The van der Waals surface area contributed by atoms with E-state index in [9.17, 15) is 5.26 Å². The number of nitrogens with zero attached hydrogens (tertiary/aromatic N) is 1. The monoisotopic (exact) mass is 199 g/mol. The molecule has 0 spiro atoms. The molecule has 0 radical (unpaired) electrons. The minimum absolute atomic E-state index is 0.216. The van der Waals surface area contributed by atoms with E-state index in [1.807, 2.05) is 0 Å². The summed E-state index contributed by atoms with van der Waals surface area (Å²) in [6.45, 7) is 4.30. The number of benzene rings is 1. The molecule has 1 saturated carbocycles. The molecule has 0 aromatic heterocycles. The van der Waals surface area contributed by atoms with Gasteiger partial charge in [0.2, 0.25) is 0 Å². The number of aryl methyl sites for hydroxylation is 1. The van der Waals surface area contributed by atoms with Crippen LogP contribution in [0.4, 0.5) is 0 Å². The highest BCUT2D eigenvalue weighted by Gasteiger charge is 2.41. The Kier molecular flexibility index (Phi) is 2.52. The standard InChI is InChI=1S/C14H17N/c1-11-5-3-7-13(9-11)14(10-15)8-4-6-12(14)2/h3,5,7,9,12H,4,6,8H2,1-2H3. The number of nitriles is 1. The van der Waals surface area contributed by atoms with Crippen LogP contribution >= 0.6 is 0 Å². The number of hydrogen-bond acceptors (Lipinski definition) is 1. The van der Waals surface area contributed by atoms with Crippen molar-refractivity contribution >= 4 is 0 Å². The number of hydrogen-bond donors (Lipinski definition) is 0. The van der Waals surface area contributed by atoms with E-state index in [1.165, 1.54) is 24.0 Å². The molecule has 0 bridgehead atoms. The van der Waals surface area contributed by atoms with Gasteiger partial charge in [0.05, 0.1) is 11.5 Å². The minimum atomic E-state index is -0.216. The molecular formula is C14H17N. The summed E-state index contributed by atoms with van der Waals surface area (Å²) in [4.78, 5) is 0. The van der Waals surface area contributed by atoms with E-state index in [4.69, 9.17) is 0 Å². The van der Waals surface area contributed by atoms with Gasteiger partial charge in [0, 0.05) is 0 Å². The fraction of sp³-hybridized carbons (Fsp3) is 0.500. The molecule has 1 fully saturated rings. The van der Waals surface area contributed by atoms with E-state index >= 15 is 0 Å². The average Bonchev–Trinajstić information content (AvgIpc) is 2.61. The third-order valence-electron chi connectivity index (χ3n) is 3.78. The highest BCUT2D eigenvalue weighted by atomic mass is 14.5. The molecule has 2 unspecified atom stereocenters. The summed E-state index contributed by atoms with van der Waals surface area (Å²) in [6.07, 6.45) is 3.39. The molecule has 2 rings (SSSR count). The molecule has 0 amide bonds. The van der Waals surface area contributed by atoms with Crippen molar-refractivity contribution in [1.29, 1.82) is 5.26 Å². The predicted octanol–water partition coefficient (Wildman–Crippen LogP) is 3.58. The first-order valence-corrected chi connectivity index (χ1v) is 5.67. The highest BCUT2D eigenvalue weighted by molar-refractivity contribution is 5.37. The van der Waals surface area contributed by atoms with Crippen LogP contribution in [0, 0.1) is 24.2 Å². The van der Waals surface area contributed by atoms with Crippen molar-refractivity contribution in [2.45, 2.75) is 38.5 Å². The van der Waals surface area contributed by atoms with Gasteiger partial charge in [-0.15, -0.1) is 0 Å². The van der Waals surface area contributed by atoms with Crippen LogP contribution in [0.25, 0.3) is 0 Å². The molecule has 1 nitrogen and oxygen atoms in total. The maximum absolute atomic E-state index is 9.48. The SMILES string of the molecule is Cc1cccc(C2(C#N)CCCC2C)c1. The predicted molar refractivity (Wildman–Crippen MR) is 61.5 cm³/mol. The largest absolute Gasteiger partial charge is 0.197 e. The first-order chi connectivity index (χ1) is 7.19. The van der Waals surface area contributed by atoms with Gasteiger partial charge in [0.25, 0.3) is 0 Å². The van der Waals surface area contributed by atoms with Crippen LogP contribution in [0.15, 0.2) is 24.3 Å². The van der Waals surface area contributed by atoms with Crippen molar-refractivity contribution in [3.8, 4) is 6.07 Å². The molecule has 2 atom stereocenters. The van der Waals surface area contributed by atoms with Crippen molar-refractivity contribution in [3.05, 3.63) is 35.4 Å². The molecule has 0 aliphatic heterocycles. The molecule has 0 heterocycles. The molecule has 78 valence electrons. The van der Waals surface area contributed by atoms with E-state index < -0.39 is 0 Å². The maximum atomic E-state index is 9.48. The van der Waals surface area contributed by atoms with Gasteiger partial charge in [0.1, 0.15) is 0 Å². The Morgan fingerprint density at radius 3 is 2.80 bits per heavy atom. The second kappa shape index (κ2) is 3.70. The summed E-state index contributed by atoms with van der Waals surface area (Å²) in [5.74, 6) is 0.490. The quantitative estimate of drug-likeness (QED) is 0.678. The third-order valence-corrected chi connectivity index (χ3v) is 3.78. The van der Waals surface area contributed by atoms with Crippen LogP contribution in [0.3, 0.4) is 0 Å². The van der Waals surface area contributed by atoms with Crippen molar-refractivity contribution < 1.29 is 0 Å². The Hall–Kier alpha value is -1.29. The Bertz CT molecular complexity index is 402. The zero-order chi connectivity index (χ0) is 10.9. The van der Waals surface area contributed by atoms with Crippen LogP contribution in [-0.4, -0.2) is 0 Å². The van der Waals surface area contributed by atoms with Crippen LogP contribution in [0.2, 0.25) is 0 Å².